The van der Waals surface area contributed by atoms with Crippen molar-refractivity contribution in [2.75, 3.05) is 7.05 Å². The van der Waals surface area contributed by atoms with Gasteiger partial charge in [-0.15, -0.1) is 0 Å². The number of amides is 1. The van der Waals surface area contributed by atoms with Crippen LogP contribution in [0.3, 0.4) is 0 Å². The third-order valence-corrected chi connectivity index (χ3v) is 4.77. The Morgan fingerprint density at radius 2 is 2.00 bits per heavy atom. The fourth-order valence-electron chi connectivity index (χ4n) is 2.26. The molecule has 1 amide bonds. The number of nitrogens with zero attached hydrogens (tertiary/aromatic N) is 2. The molecule has 3 aromatic rings. The maximum atomic E-state index is 12.0. The summed E-state index contributed by atoms with van der Waals surface area (Å²) in [6.07, 6.45) is 1.19. The summed E-state index contributed by atoms with van der Waals surface area (Å²) in [4.78, 5) is 25.6. The first-order chi connectivity index (χ1) is 12.5. The fraction of sp³-hybridized carbons (Fsp3) is 0.0556. The van der Waals surface area contributed by atoms with Gasteiger partial charge < -0.3 is 10.4 Å². The number of carbonyl (C=O) groups is 1. The highest BCUT2D eigenvalue weighted by Crippen LogP contribution is 2.33. The van der Waals surface area contributed by atoms with Crippen LogP contribution in [-0.4, -0.2) is 27.8 Å². The molecule has 0 spiro atoms. The fourth-order valence-corrected chi connectivity index (χ4v) is 3.51. The van der Waals surface area contributed by atoms with Crippen LogP contribution in [0.2, 0.25) is 5.02 Å². The Labute approximate surface area is 158 Å². The molecule has 0 aliphatic carbocycles. The van der Waals surface area contributed by atoms with Crippen LogP contribution >= 0.6 is 23.4 Å². The Bertz CT molecular complexity index is 1040. The monoisotopic (exact) mass is 387 g/mol. The van der Waals surface area contributed by atoms with Crippen molar-refractivity contribution in [2.24, 2.45) is 0 Å². The average molecular weight is 388 g/mol. The molecular weight excluding hydrogens is 374 g/mol. The minimum absolute atomic E-state index is 0.380. The van der Waals surface area contributed by atoms with Crippen LogP contribution in [0.5, 0.6) is 5.75 Å². The molecule has 0 aliphatic rings. The molecule has 26 heavy (non-hydrogen) atoms. The number of nitrogens with one attached hydrogen (secondary N) is 1. The lowest BCUT2D eigenvalue weighted by Gasteiger charge is -2.12. The van der Waals surface area contributed by atoms with Gasteiger partial charge in [-0.25, -0.2) is 4.68 Å². The van der Waals surface area contributed by atoms with Gasteiger partial charge in [-0.2, -0.15) is 5.10 Å². The summed E-state index contributed by atoms with van der Waals surface area (Å²) in [6.45, 7) is 0. The standard InChI is InChI=1S/C18H14ClN3O3S/c1-20-18(25)16-17(24)14(23)10-22(21-16)13-7-2-3-8-15(13)26-12-6-4-5-11(19)9-12/h2-10,23H,1H3,(H,20,25). The van der Waals surface area contributed by atoms with E-state index < -0.39 is 17.1 Å². The van der Waals surface area contributed by atoms with Crippen molar-refractivity contribution >= 4 is 29.3 Å². The topological polar surface area (TPSA) is 84.2 Å². The number of aromatic nitrogens is 2. The van der Waals surface area contributed by atoms with Crippen LogP contribution in [0.1, 0.15) is 10.5 Å². The highest BCUT2D eigenvalue weighted by molar-refractivity contribution is 7.99. The Morgan fingerprint density at radius 1 is 1.23 bits per heavy atom. The highest BCUT2D eigenvalue weighted by Gasteiger charge is 2.17. The van der Waals surface area contributed by atoms with E-state index >= 15 is 0 Å². The van der Waals surface area contributed by atoms with Crippen LogP contribution < -0.4 is 10.7 Å². The molecule has 1 aromatic heterocycles. The number of halogens is 1. The predicted molar refractivity (Wildman–Crippen MR) is 100 cm³/mol. The van der Waals surface area contributed by atoms with Crippen molar-refractivity contribution in [1.29, 1.82) is 0 Å². The van der Waals surface area contributed by atoms with E-state index in [1.165, 1.54) is 29.7 Å². The van der Waals surface area contributed by atoms with E-state index in [9.17, 15) is 14.7 Å². The van der Waals surface area contributed by atoms with Crippen LogP contribution in [0, 0.1) is 0 Å². The van der Waals surface area contributed by atoms with E-state index in [1.54, 1.807) is 18.2 Å². The van der Waals surface area contributed by atoms with Gasteiger partial charge in [0.25, 0.3) is 11.3 Å². The summed E-state index contributed by atoms with van der Waals surface area (Å²) in [6, 6.07) is 14.7. The molecule has 2 N–H and O–H groups in total. The van der Waals surface area contributed by atoms with Crippen molar-refractivity contribution in [2.45, 2.75) is 9.79 Å². The normalized spacial score (nSPS) is 10.5. The van der Waals surface area contributed by atoms with Gasteiger partial charge in [0.05, 0.1) is 11.9 Å². The minimum Gasteiger partial charge on any atom is -0.503 e. The second-order valence-corrected chi connectivity index (χ2v) is 6.79. The van der Waals surface area contributed by atoms with E-state index in [2.05, 4.69) is 10.4 Å². The van der Waals surface area contributed by atoms with Gasteiger partial charge >= 0.3 is 0 Å². The number of para-hydroxylation sites is 1. The molecule has 3 rings (SSSR count). The number of rotatable bonds is 4. The molecule has 2 aromatic carbocycles. The first-order valence-corrected chi connectivity index (χ1v) is 8.77. The third-order valence-electron chi connectivity index (χ3n) is 3.48. The summed E-state index contributed by atoms with van der Waals surface area (Å²) in [7, 11) is 1.39. The summed E-state index contributed by atoms with van der Waals surface area (Å²) in [5.41, 5.74) is -0.589. The van der Waals surface area contributed by atoms with Crippen molar-refractivity contribution < 1.29 is 9.90 Å². The molecule has 0 radical (unpaired) electrons. The van der Waals surface area contributed by atoms with E-state index in [-0.39, 0.29) is 5.69 Å². The molecule has 0 aliphatic heterocycles. The first kappa shape index (κ1) is 18.0. The number of benzene rings is 2. The van der Waals surface area contributed by atoms with Crippen molar-refractivity contribution in [3.63, 3.8) is 0 Å². The lowest BCUT2D eigenvalue weighted by Crippen LogP contribution is -2.29. The number of aromatic hydroxyl groups is 1. The zero-order chi connectivity index (χ0) is 18.7. The average Bonchev–Trinajstić information content (AvgIpc) is 2.64. The van der Waals surface area contributed by atoms with Crippen molar-refractivity contribution in [1.82, 2.24) is 15.1 Å². The van der Waals surface area contributed by atoms with Gasteiger partial charge in [0.1, 0.15) is 0 Å². The van der Waals surface area contributed by atoms with Crippen LogP contribution in [0.25, 0.3) is 5.69 Å². The van der Waals surface area contributed by atoms with Gasteiger partial charge in [-0.3, -0.25) is 9.59 Å². The third kappa shape index (κ3) is 3.74. The van der Waals surface area contributed by atoms with E-state index in [1.807, 2.05) is 30.3 Å². The van der Waals surface area contributed by atoms with Crippen LogP contribution in [0.4, 0.5) is 0 Å². The number of hydrogen-bond acceptors (Lipinski definition) is 5. The summed E-state index contributed by atoms with van der Waals surface area (Å²) in [5.74, 6) is -1.22. The molecule has 0 fully saturated rings. The Morgan fingerprint density at radius 3 is 2.73 bits per heavy atom. The zero-order valence-electron chi connectivity index (χ0n) is 13.6. The molecule has 0 saturated carbocycles. The number of carbonyl (C=O) groups excluding carboxylic acids is 1. The molecule has 0 saturated heterocycles. The van der Waals surface area contributed by atoms with E-state index in [4.69, 9.17) is 11.6 Å². The van der Waals surface area contributed by atoms with Gasteiger partial charge in [0.15, 0.2) is 11.4 Å². The van der Waals surface area contributed by atoms with Gasteiger partial charge in [0, 0.05) is 21.9 Å². The Hall–Kier alpha value is -2.77. The Kier molecular flexibility index (Phi) is 5.29. The molecule has 0 unspecified atom stereocenters. The molecule has 6 nitrogen and oxygen atoms in total. The summed E-state index contributed by atoms with van der Waals surface area (Å²) < 4.78 is 1.31. The largest absolute Gasteiger partial charge is 0.503 e. The SMILES string of the molecule is CNC(=O)c1nn(-c2ccccc2Sc2cccc(Cl)c2)cc(O)c1=O. The lowest BCUT2D eigenvalue weighted by molar-refractivity contribution is 0.0954. The molecular formula is C18H14ClN3O3S. The predicted octanol–water partition coefficient (Wildman–Crippen LogP) is 3.10. The molecule has 0 bridgehead atoms. The smallest absolute Gasteiger partial charge is 0.275 e. The molecule has 1 heterocycles. The summed E-state index contributed by atoms with van der Waals surface area (Å²) >= 11 is 7.48. The lowest BCUT2D eigenvalue weighted by atomic mass is 10.3. The van der Waals surface area contributed by atoms with Crippen LogP contribution in [0.15, 0.2) is 69.3 Å². The van der Waals surface area contributed by atoms with Crippen molar-refractivity contribution in [3.8, 4) is 11.4 Å². The first-order valence-electron chi connectivity index (χ1n) is 7.57. The van der Waals surface area contributed by atoms with Crippen molar-refractivity contribution in [3.05, 3.63) is 75.7 Å². The molecule has 132 valence electrons. The number of hydrogen-bond donors (Lipinski definition) is 2. The second-order valence-electron chi connectivity index (χ2n) is 5.24. The van der Waals surface area contributed by atoms with E-state index in [0.717, 1.165) is 9.79 Å². The molecule has 8 heteroatoms. The van der Waals surface area contributed by atoms with Crippen LogP contribution in [-0.2, 0) is 0 Å². The highest BCUT2D eigenvalue weighted by atomic mass is 35.5. The zero-order valence-corrected chi connectivity index (χ0v) is 15.2. The minimum atomic E-state index is -0.819. The summed E-state index contributed by atoms with van der Waals surface area (Å²) in [5, 5.41) is 17.0. The van der Waals surface area contributed by atoms with Gasteiger partial charge in [-0.1, -0.05) is 41.6 Å². The molecule has 0 atom stereocenters. The van der Waals surface area contributed by atoms with E-state index in [0.29, 0.717) is 10.7 Å². The van der Waals surface area contributed by atoms with Gasteiger partial charge in [0.2, 0.25) is 0 Å². The van der Waals surface area contributed by atoms with Gasteiger partial charge in [-0.05, 0) is 30.3 Å². The second kappa shape index (κ2) is 7.63. The quantitative estimate of drug-likeness (QED) is 0.718. The maximum absolute atomic E-state index is 12.0. The Balaban J connectivity index is 2.09. The maximum Gasteiger partial charge on any atom is 0.275 e.